The van der Waals surface area contributed by atoms with E-state index in [-0.39, 0.29) is 17.9 Å². The van der Waals surface area contributed by atoms with Gasteiger partial charge in [0.1, 0.15) is 5.00 Å². The van der Waals surface area contributed by atoms with Crippen molar-refractivity contribution < 1.29 is 19.5 Å². The van der Waals surface area contributed by atoms with E-state index in [1.807, 2.05) is 13.8 Å². The van der Waals surface area contributed by atoms with Gasteiger partial charge in [-0.1, -0.05) is 11.1 Å². The maximum absolute atomic E-state index is 13.0. The molecule has 1 saturated carbocycles. The van der Waals surface area contributed by atoms with E-state index in [1.165, 1.54) is 16.2 Å². The Labute approximate surface area is 168 Å². The van der Waals surface area contributed by atoms with Gasteiger partial charge in [-0.15, -0.1) is 11.3 Å². The van der Waals surface area contributed by atoms with Crippen LogP contribution >= 0.6 is 11.3 Å². The van der Waals surface area contributed by atoms with Gasteiger partial charge in [0, 0.05) is 10.9 Å². The summed E-state index contributed by atoms with van der Waals surface area (Å²) < 4.78 is 0. The van der Waals surface area contributed by atoms with Crippen LogP contribution in [0.1, 0.15) is 66.8 Å². The minimum absolute atomic E-state index is 0.109. The predicted octanol–water partition coefficient (Wildman–Crippen LogP) is 3.51. The van der Waals surface area contributed by atoms with Crippen LogP contribution in [-0.4, -0.2) is 28.9 Å². The Morgan fingerprint density at radius 2 is 1.71 bits per heavy atom. The molecule has 0 bridgehead atoms. The number of hydrogen-bond acceptors (Lipinski definition) is 4. The maximum Gasteiger partial charge on any atom is 0.307 e. The SMILES string of the molecule is CC1=C(C)C[C@@H](C(=O)Nc2sc3c(c2C(=O)NC2CC2)CCC3)[C@@H](C(=O)O)C1. The van der Waals surface area contributed by atoms with E-state index in [2.05, 4.69) is 10.6 Å². The van der Waals surface area contributed by atoms with Crippen molar-refractivity contribution in [1.82, 2.24) is 5.32 Å². The number of hydrogen-bond donors (Lipinski definition) is 3. The number of nitrogens with one attached hydrogen (secondary N) is 2. The van der Waals surface area contributed by atoms with E-state index < -0.39 is 17.8 Å². The van der Waals surface area contributed by atoms with Crippen LogP contribution in [-0.2, 0) is 22.4 Å². The van der Waals surface area contributed by atoms with Crippen LogP contribution in [0.3, 0.4) is 0 Å². The Kier molecular flexibility index (Phi) is 5.04. The number of thiophene rings is 1. The van der Waals surface area contributed by atoms with Crippen LogP contribution in [0, 0.1) is 11.8 Å². The molecule has 0 aromatic carbocycles. The van der Waals surface area contributed by atoms with Crippen molar-refractivity contribution in [2.24, 2.45) is 11.8 Å². The molecule has 1 aromatic heterocycles. The summed E-state index contributed by atoms with van der Waals surface area (Å²) in [5, 5.41) is 16.2. The minimum Gasteiger partial charge on any atom is -0.481 e. The second-order valence-electron chi connectivity index (χ2n) is 8.32. The van der Waals surface area contributed by atoms with Crippen molar-refractivity contribution in [3.8, 4) is 0 Å². The number of carbonyl (C=O) groups excluding carboxylic acids is 2. The number of aryl methyl sites for hydroxylation is 1. The molecule has 3 N–H and O–H groups in total. The third-order valence-electron chi connectivity index (χ3n) is 6.22. The quantitative estimate of drug-likeness (QED) is 0.657. The summed E-state index contributed by atoms with van der Waals surface area (Å²) >= 11 is 1.48. The van der Waals surface area contributed by atoms with Gasteiger partial charge in [0.05, 0.1) is 17.4 Å². The predicted molar refractivity (Wildman–Crippen MR) is 108 cm³/mol. The number of fused-ring (bicyclic) bond motifs is 1. The molecule has 4 rings (SSSR count). The zero-order valence-electron chi connectivity index (χ0n) is 16.3. The normalized spacial score (nSPS) is 24.1. The Balaban J connectivity index is 1.59. The van der Waals surface area contributed by atoms with Gasteiger partial charge >= 0.3 is 5.97 Å². The Bertz CT molecular complexity index is 881. The number of carboxylic acids is 1. The third kappa shape index (κ3) is 3.60. The van der Waals surface area contributed by atoms with Crippen LogP contribution in [0.5, 0.6) is 0 Å². The smallest absolute Gasteiger partial charge is 0.307 e. The molecule has 1 fully saturated rings. The number of carboxylic acid groups (broad SMARTS) is 1. The van der Waals surface area contributed by atoms with Crippen molar-refractivity contribution in [3.05, 3.63) is 27.2 Å². The van der Waals surface area contributed by atoms with Crippen LogP contribution in [0.2, 0.25) is 0 Å². The Morgan fingerprint density at radius 1 is 1.04 bits per heavy atom. The van der Waals surface area contributed by atoms with E-state index in [9.17, 15) is 19.5 Å². The third-order valence-corrected chi connectivity index (χ3v) is 7.43. The topological polar surface area (TPSA) is 95.5 Å². The standard InChI is InChI=1S/C21H26N2O4S/c1-10-8-14(15(21(26)27)9-11(10)2)18(24)23-20-17(19(25)22-12-6-7-12)13-4-3-5-16(13)28-20/h12,14-15H,3-9H2,1-2H3,(H,22,25)(H,23,24)(H,26,27)/t14-,15+/m1/s1. The van der Waals surface area contributed by atoms with Gasteiger partial charge in [0.2, 0.25) is 5.91 Å². The molecule has 3 aliphatic rings. The highest BCUT2D eigenvalue weighted by Crippen LogP contribution is 2.41. The molecule has 0 aliphatic heterocycles. The average molecular weight is 403 g/mol. The lowest BCUT2D eigenvalue weighted by atomic mass is 9.76. The second kappa shape index (κ2) is 7.35. The lowest BCUT2D eigenvalue weighted by Gasteiger charge is -2.29. The van der Waals surface area contributed by atoms with E-state index in [4.69, 9.17) is 0 Å². The fourth-order valence-electron chi connectivity index (χ4n) is 4.25. The first-order chi connectivity index (χ1) is 13.3. The zero-order chi connectivity index (χ0) is 20.0. The molecule has 2 amide bonds. The number of allylic oxidation sites excluding steroid dienone is 2. The summed E-state index contributed by atoms with van der Waals surface area (Å²) in [4.78, 5) is 38.7. The minimum atomic E-state index is -0.938. The molecule has 0 spiro atoms. The molecular formula is C21H26N2O4S. The second-order valence-corrected chi connectivity index (χ2v) is 9.42. The van der Waals surface area contributed by atoms with Crippen LogP contribution in [0.25, 0.3) is 0 Å². The highest BCUT2D eigenvalue weighted by Gasteiger charge is 2.38. The molecule has 0 saturated heterocycles. The zero-order valence-corrected chi connectivity index (χ0v) is 17.1. The van der Waals surface area contributed by atoms with Crippen molar-refractivity contribution >= 4 is 34.1 Å². The van der Waals surface area contributed by atoms with E-state index in [0.29, 0.717) is 23.4 Å². The van der Waals surface area contributed by atoms with Crippen LogP contribution in [0.15, 0.2) is 11.1 Å². The molecule has 0 unspecified atom stereocenters. The highest BCUT2D eigenvalue weighted by atomic mass is 32.1. The molecule has 3 aliphatic carbocycles. The van der Waals surface area contributed by atoms with E-state index in [1.54, 1.807) is 0 Å². The fraction of sp³-hybridized carbons (Fsp3) is 0.571. The molecule has 1 aromatic rings. The van der Waals surface area contributed by atoms with Gasteiger partial charge in [-0.25, -0.2) is 0 Å². The van der Waals surface area contributed by atoms with Gasteiger partial charge in [-0.05, 0) is 64.4 Å². The Hall–Kier alpha value is -2.15. The summed E-state index contributed by atoms with van der Waals surface area (Å²) in [6.45, 7) is 3.89. The summed E-state index contributed by atoms with van der Waals surface area (Å²) in [6.07, 6.45) is 5.68. The average Bonchev–Trinajstić information content (AvgIpc) is 3.21. The van der Waals surface area contributed by atoms with Crippen LogP contribution < -0.4 is 10.6 Å². The largest absolute Gasteiger partial charge is 0.481 e. The summed E-state index contributed by atoms with van der Waals surface area (Å²) in [5.74, 6) is -2.67. The molecule has 1 heterocycles. The molecule has 7 heteroatoms. The van der Waals surface area contributed by atoms with Crippen molar-refractivity contribution in [2.45, 2.75) is 64.8 Å². The van der Waals surface area contributed by atoms with Gasteiger partial charge in [-0.2, -0.15) is 0 Å². The lowest BCUT2D eigenvalue weighted by molar-refractivity contribution is -0.146. The number of rotatable bonds is 5. The van der Waals surface area contributed by atoms with E-state index >= 15 is 0 Å². The number of amides is 2. The molecule has 6 nitrogen and oxygen atoms in total. The molecule has 2 atom stereocenters. The lowest BCUT2D eigenvalue weighted by Crippen LogP contribution is -2.37. The molecule has 28 heavy (non-hydrogen) atoms. The monoisotopic (exact) mass is 402 g/mol. The van der Waals surface area contributed by atoms with Gasteiger partial charge in [-0.3, -0.25) is 14.4 Å². The first-order valence-corrected chi connectivity index (χ1v) is 10.8. The summed E-state index contributed by atoms with van der Waals surface area (Å²) in [5.41, 5.74) is 3.79. The van der Waals surface area contributed by atoms with Crippen molar-refractivity contribution in [2.75, 3.05) is 5.32 Å². The van der Waals surface area contributed by atoms with E-state index in [0.717, 1.165) is 48.8 Å². The van der Waals surface area contributed by atoms with Crippen LogP contribution in [0.4, 0.5) is 5.00 Å². The number of carbonyl (C=O) groups is 3. The Morgan fingerprint density at radius 3 is 2.36 bits per heavy atom. The summed E-state index contributed by atoms with van der Waals surface area (Å²) in [6, 6.07) is 0.249. The first-order valence-electron chi connectivity index (χ1n) is 9.99. The highest BCUT2D eigenvalue weighted by molar-refractivity contribution is 7.17. The summed E-state index contributed by atoms with van der Waals surface area (Å²) in [7, 11) is 0. The molecule has 0 radical (unpaired) electrons. The number of anilines is 1. The van der Waals surface area contributed by atoms with Gasteiger partial charge in [0.15, 0.2) is 0 Å². The maximum atomic E-state index is 13.0. The van der Waals surface area contributed by atoms with Crippen molar-refractivity contribution in [1.29, 1.82) is 0 Å². The number of aliphatic carboxylic acids is 1. The fourth-order valence-corrected chi connectivity index (χ4v) is 5.54. The first kappa shape index (κ1) is 19.2. The van der Waals surface area contributed by atoms with Gasteiger partial charge < -0.3 is 15.7 Å². The molecular weight excluding hydrogens is 376 g/mol. The van der Waals surface area contributed by atoms with Gasteiger partial charge in [0.25, 0.3) is 5.91 Å². The molecule has 150 valence electrons. The van der Waals surface area contributed by atoms with Crippen molar-refractivity contribution in [3.63, 3.8) is 0 Å².